The highest BCUT2D eigenvalue weighted by molar-refractivity contribution is 7.91. The zero-order valence-corrected chi connectivity index (χ0v) is 12.5. The molecule has 1 aliphatic rings. The molecule has 0 aliphatic carbocycles. The molecule has 0 bridgehead atoms. The Morgan fingerprint density at radius 3 is 2.50 bits per heavy atom. The molecule has 0 aromatic carbocycles. The first-order valence-electron chi connectivity index (χ1n) is 5.92. The highest BCUT2D eigenvalue weighted by atomic mass is 32.2. The molecule has 1 aromatic rings. The maximum atomic E-state index is 12.2. The molecule has 1 saturated heterocycles. The Kier molecular flexibility index (Phi) is 4.14. The summed E-state index contributed by atoms with van der Waals surface area (Å²) in [5.41, 5.74) is 6.02. The monoisotopic (exact) mass is 320 g/mol. The van der Waals surface area contributed by atoms with Gasteiger partial charge in [0.15, 0.2) is 14.9 Å². The van der Waals surface area contributed by atoms with Crippen LogP contribution in [-0.2, 0) is 30.4 Å². The Morgan fingerprint density at radius 2 is 2.00 bits per heavy atom. The van der Waals surface area contributed by atoms with Crippen molar-refractivity contribution < 1.29 is 21.9 Å². The van der Waals surface area contributed by atoms with Gasteiger partial charge in [-0.25, -0.2) is 17.6 Å². The van der Waals surface area contributed by atoms with Gasteiger partial charge in [0, 0.05) is 19.5 Å². The highest BCUT2D eigenvalue weighted by Gasteiger charge is 2.44. The second-order valence-electron chi connectivity index (χ2n) is 4.75. The quantitative estimate of drug-likeness (QED) is 0.768. The summed E-state index contributed by atoms with van der Waals surface area (Å²) >= 11 is -2.32. The summed E-state index contributed by atoms with van der Waals surface area (Å²) in [7, 11) is -3.44. The molecule has 1 aliphatic heterocycles. The van der Waals surface area contributed by atoms with Gasteiger partial charge in [0.05, 0.1) is 0 Å². The summed E-state index contributed by atoms with van der Waals surface area (Å²) in [6, 6.07) is 2.78. The lowest BCUT2D eigenvalue weighted by atomic mass is 9.91. The van der Waals surface area contributed by atoms with Gasteiger partial charge in [0.25, 0.3) is 0 Å². The van der Waals surface area contributed by atoms with Crippen LogP contribution in [-0.4, -0.2) is 41.6 Å². The molecule has 2 rings (SSSR count). The van der Waals surface area contributed by atoms with E-state index in [4.69, 9.17) is 15.0 Å². The second-order valence-corrected chi connectivity index (χ2v) is 7.99. The summed E-state index contributed by atoms with van der Waals surface area (Å²) in [6.07, 6.45) is 1.73. The summed E-state index contributed by atoms with van der Waals surface area (Å²) in [6.45, 7) is 0.625. The Morgan fingerprint density at radius 1 is 1.40 bits per heavy atom. The Hall–Kier alpha value is -1.03. The average molecular weight is 320 g/mol. The standard InChI is InChI=1S/C11H16N2O5S2/c1-20(16,17)11(2-4-18-5-3-11)8-6-9(12)13-10(7-8)19(14)15/h6-7H,2-5H2,1H3,(H2,12,13)(H,14,15). The number of anilines is 1. The molecular weight excluding hydrogens is 304 g/mol. The van der Waals surface area contributed by atoms with Gasteiger partial charge in [0.2, 0.25) is 11.1 Å². The van der Waals surface area contributed by atoms with Crippen molar-refractivity contribution >= 4 is 26.7 Å². The van der Waals surface area contributed by atoms with E-state index in [1.165, 1.54) is 12.1 Å². The zero-order chi connectivity index (χ0) is 15.0. The van der Waals surface area contributed by atoms with Crippen LogP contribution < -0.4 is 5.73 Å². The van der Waals surface area contributed by atoms with Crippen molar-refractivity contribution in [1.29, 1.82) is 0 Å². The van der Waals surface area contributed by atoms with Crippen molar-refractivity contribution in [3.05, 3.63) is 17.7 Å². The Labute approximate surface area is 119 Å². The topological polar surface area (TPSA) is 120 Å². The van der Waals surface area contributed by atoms with E-state index in [1.807, 2.05) is 0 Å². The zero-order valence-electron chi connectivity index (χ0n) is 10.9. The third-order valence-corrected chi connectivity index (χ3v) is 6.17. The fourth-order valence-corrected chi connectivity index (χ4v) is 4.32. The van der Waals surface area contributed by atoms with E-state index < -0.39 is 25.7 Å². The molecule has 7 nitrogen and oxygen atoms in total. The van der Waals surface area contributed by atoms with Gasteiger partial charge in [-0.05, 0) is 30.5 Å². The van der Waals surface area contributed by atoms with Crippen LogP contribution in [0.4, 0.5) is 5.82 Å². The number of pyridine rings is 1. The fraction of sp³-hybridized carbons (Fsp3) is 0.545. The van der Waals surface area contributed by atoms with Crippen molar-refractivity contribution in [2.45, 2.75) is 22.6 Å². The van der Waals surface area contributed by atoms with Gasteiger partial charge < -0.3 is 15.0 Å². The summed E-state index contributed by atoms with van der Waals surface area (Å²) in [5, 5.41) is -0.144. The number of rotatable bonds is 3. The van der Waals surface area contributed by atoms with Crippen molar-refractivity contribution in [3.63, 3.8) is 0 Å². The highest BCUT2D eigenvalue weighted by Crippen LogP contribution is 2.40. The molecule has 0 radical (unpaired) electrons. The molecular formula is C11H16N2O5S2. The van der Waals surface area contributed by atoms with Gasteiger partial charge in [0.1, 0.15) is 10.6 Å². The van der Waals surface area contributed by atoms with Crippen LogP contribution in [0, 0.1) is 0 Å². The van der Waals surface area contributed by atoms with E-state index in [1.54, 1.807) is 0 Å². The summed E-state index contributed by atoms with van der Waals surface area (Å²) < 4.78 is 48.9. The number of nitrogens with two attached hydrogens (primary N) is 1. The molecule has 112 valence electrons. The molecule has 1 unspecified atom stereocenters. The first-order chi connectivity index (χ1) is 9.26. The number of ether oxygens (including phenoxy) is 1. The van der Waals surface area contributed by atoms with E-state index in [0.29, 0.717) is 18.8 Å². The summed E-state index contributed by atoms with van der Waals surface area (Å²) in [4.78, 5) is 3.74. The molecule has 2 heterocycles. The molecule has 9 heteroatoms. The Bertz CT molecular complexity index is 638. The van der Waals surface area contributed by atoms with Gasteiger partial charge >= 0.3 is 0 Å². The number of nitrogen functional groups attached to an aromatic ring is 1. The molecule has 0 amide bonds. The lowest BCUT2D eigenvalue weighted by Gasteiger charge is -2.36. The van der Waals surface area contributed by atoms with Crippen molar-refractivity contribution in [2.24, 2.45) is 0 Å². The van der Waals surface area contributed by atoms with E-state index in [2.05, 4.69) is 4.98 Å². The van der Waals surface area contributed by atoms with Crippen LogP contribution in [0.15, 0.2) is 17.2 Å². The first-order valence-corrected chi connectivity index (χ1v) is 8.92. The molecule has 0 saturated carbocycles. The van der Waals surface area contributed by atoms with Crippen LogP contribution in [0.1, 0.15) is 18.4 Å². The molecule has 20 heavy (non-hydrogen) atoms. The fourth-order valence-electron chi connectivity index (χ4n) is 2.45. The van der Waals surface area contributed by atoms with Crippen LogP contribution in [0.5, 0.6) is 0 Å². The third kappa shape index (κ3) is 2.71. The number of sulfone groups is 1. The maximum Gasteiger partial charge on any atom is 0.205 e. The third-order valence-electron chi connectivity index (χ3n) is 3.54. The van der Waals surface area contributed by atoms with Crippen molar-refractivity contribution in [2.75, 3.05) is 25.2 Å². The maximum absolute atomic E-state index is 12.2. The number of aromatic nitrogens is 1. The van der Waals surface area contributed by atoms with Gasteiger partial charge in [-0.15, -0.1) is 0 Å². The normalized spacial score (nSPS) is 20.5. The smallest absolute Gasteiger partial charge is 0.205 e. The van der Waals surface area contributed by atoms with Crippen LogP contribution in [0.2, 0.25) is 0 Å². The minimum Gasteiger partial charge on any atom is -0.384 e. The van der Waals surface area contributed by atoms with Gasteiger partial charge in [-0.2, -0.15) is 0 Å². The number of hydrogen-bond acceptors (Lipinski definition) is 6. The minimum atomic E-state index is -3.44. The van der Waals surface area contributed by atoms with E-state index in [9.17, 15) is 12.6 Å². The lowest BCUT2D eigenvalue weighted by Crippen LogP contribution is -2.41. The Balaban J connectivity index is 2.63. The van der Waals surface area contributed by atoms with Crippen molar-refractivity contribution in [1.82, 2.24) is 4.98 Å². The van der Waals surface area contributed by atoms with Crippen LogP contribution in [0.25, 0.3) is 0 Å². The van der Waals surface area contributed by atoms with E-state index >= 15 is 0 Å². The number of hydrogen-bond donors (Lipinski definition) is 2. The van der Waals surface area contributed by atoms with Gasteiger partial charge in [-0.1, -0.05) is 0 Å². The predicted octanol–water partition coefficient (Wildman–Crippen LogP) is 0.295. The average Bonchev–Trinajstić information content (AvgIpc) is 2.37. The molecule has 1 atom stereocenters. The lowest BCUT2D eigenvalue weighted by molar-refractivity contribution is 0.0741. The minimum absolute atomic E-state index is 0.0226. The van der Waals surface area contributed by atoms with Crippen molar-refractivity contribution in [3.8, 4) is 0 Å². The van der Waals surface area contributed by atoms with E-state index in [0.717, 1.165) is 6.26 Å². The largest absolute Gasteiger partial charge is 0.384 e. The van der Waals surface area contributed by atoms with E-state index in [-0.39, 0.29) is 23.7 Å². The summed E-state index contributed by atoms with van der Waals surface area (Å²) in [5.74, 6) is 0.0226. The molecule has 3 N–H and O–H groups in total. The SMILES string of the molecule is CS(=O)(=O)C1(c2cc(N)nc(S(=O)O)c2)CCOCC1. The molecule has 1 fully saturated rings. The number of nitrogens with zero attached hydrogens (tertiary/aromatic N) is 1. The first kappa shape index (κ1) is 15.4. The predicted molar refractivity (Wildman–Crippen MR) is 74.3 cm³/mol. The van der Waals surface area contributed by atoms with Crippen LogP contribution in [0.3, 0.4) is 0 Å². The molecule has 1 aromatic heterocycles. The molecule has 0 spiro atoms. The van der Waals surface area contributed by atoms with Crippen LogP contribution >= 0.6 is 0 Å². The van der Waals surface area contributed by atoms with Gasteiger partial charge in [-0.3, -0.25) is 0 Å². The second kappa shape index (κ2) is 5.40.